The smallest absolute Gasteiger partial charge is 0.0245 e. The molecule has 1 heteroatoms. The van der Waals surface area contributed by atoms with E-state index in [1.807, 2.05) is 0 Å². The summed E-state index contributed by atoms with van der Waals surface area (Å²) >= 11 is 0. The number of nitrogens with one attached hydrogen (secondary N) is 1. The van der Waals surface area contributed by atoms with Crippen molar-refractivity contribution in [1.29, 1.82) is 0 Å². The summed E-state index contributed by atoms with van der Waals surface area (Å²) in [7, 11) is 2.06. The van der Waals surface area contributed by atoms with Crippen LogP contribution in [-0.4, -0.2) is 13.1 Å². The first-order chi connectivity index (χ1) is 9.67. The van der Waals surface area contributed by atoms with Gasteiger partial charge in [0.05, 0.1) is 0 Å². The summed E-state index contributed by atoms with van der Waals surface area (Å²) in [5.41, 5.74) is 5.53. The van der Waals surface area contributed by atoms with E-state index in [-0.39, 0.29) is 0 Å². The Bertz CT molecular complexity index is 541. The molecule has 2 unspecified atom stereocenters. The second-order valence-corrected chi connectivity index (χ2v) is 5.55. The molecule has 0 bridgehead atoms. The molecule has 2 aromatic rings. The van der Waals surface area contributed by atoms with Gasteiger partial charge in [0.25, 0.3) is 0 Å². The van der Waals surface area contributed by atoms with Gasteiger partial charge in [-0.05, 0) is 44.0 Å². The van der Waals surface area contributed by atoms with Crippen molar-refractivity contribution in [3.63, 3.8) is 0 Å². The van der Waals surface area contributed by atoms with E-state index in [4.69, 9.17) is 0 Å². The molecule has 1 nitrogen and oxygen atoms in total. The Kier molecular flexibility index (Phi) is 4.97. The zero-order valence-corrected chi connectivity index (χ0v) is 13.0. The lowest BCUT2D eigenvalue weighted by Gasteiger charge is -2.28. The van der Waals surface area contributed by atoms with Gasteiger partial charge < -0.3 is 5.32 Å². The average molecular weight is 267 g/mol. The summed E-state index contributed by atoms with van der Waals surface area (Å²) < 4.78 is 0. The van der Waals surface area contributed by atoms with Crippen LogP contribution in [0.2, 0.25) is 0 Å². The van der Waals surface area contributed by atoms with Gasteiger partial charge in [-0.15, -0.1) is 0 Å². The molecule has 0 aliphatic carbocycles. The third-order valence-corrected chi connectivity index (χ3v) is 4.13. The summed E-state index contributed by atoms with van der Waals surface area (Å²) in [6, 6.07) is 18.1. The summed E-state index contributed by atoms with van der Waals surface area (Å²) in [6.45, 7) is 6.63. The van der Waals surface area contributed by atoms with E-state index in [9.17, 15) is 0 Å². The first kappa shape index (κ1) is 14.8. The van der Waals surface area contributed by atoms with Crippen LogP contribution in [0.4, 0.5) is 0 Å². The van der Waals surface area contributed by atoms with Crippen LogP contribution >= 0.6 is 0 Å². The monoisotopic (exact) mass is 267 g/mol. The molecule has 20 heavy (non-hydrogen) atoms. The highest BCUT2D eigenvalue weighted by atomic mass is 14.9. The third-order valence-electron chi connectivity index (χ3n) is 4.13. The molecule has 0 saturated heterocycles. The van der Waals surface area contributed by atoms with Crippen molar-refractivity contribution in [2.45, 2.75) is 39.2 Å². The Labute approximate surface area is 123 Å². The minimum absolute atomic E-state index is 0.409. The van der Waals surface area contributed by atoms with Crippen molar-refractivity contribution < 1.29 is 0 Å². The summed E-state index contributed by atoms with van der Waals surface area (Å²) in [4.78, 5) is 0. The van der Waals surface area contributed by atoms with Crippen molar-refractivity contribution >= 4 is 0 Å². The highest BCUT2D eigenvalue weighted by Crippen LogP contribution is 2.32. The SMILES string of the molecule is CCC(NC)C(c1ccccc1)c1ccc(C)cc1C. The van der Waals surface area contributed by atoms with Gasteiger partial charge in [-0.3, -0.25) is 0 Å². The topological polar surface area (TPSA) is 12.0 Å². The van der Waals surface area contributed by atoms with Gasteiger partial charge in [0.2, 0.25) is 0 Å². The fourth-order valence-electron chi connectivity index (χ4n) is 3.07. The van der Waals surface area contributed by atoms with Gasteiger partial charge in [-0.1, -0.05) is 61.0 Å². The first-order valence-corrected chi connectivity index (χ1v) is 7.46. The standard InChI is InChI=1S/C19H25N/c1-5-18(20-4)19(16-9-7-6-8-10-16)17-12-11-14(2)13-15(17)3/h6-13,18-20H,5H2,1-4H3. The molecular weight excluding hydrogens is 242 g/mol. The van der Waals surface area contributed by atoms with Crippen molar-refractivity contribution in [1.82, 2.24) is 5.32 Å². The lowest BCUT2D eigenvalue weighted by Crippen LogP contribution is -2.32. The zero-order chi connectivity index (χ0) is 14.5. The molecule has 1 N–H and O–H groups in total. The summed E-state index contributed by atoms with van der Waals surface area (Å²) in [6.07, 6.45) is 1.11. The van der Waals surface area contributed by atoms with Crippen molar-refractivity contribution in [2.24, 2.45) is 0 Å². The van der Waals surface area contributed by atoms with Gasteiger partial charge in [0.15, 0.2) is 0 Å². The Balaban J connectivity index is 2.51. The zero-order valence-electron chi connectivity index (χ0n) is 13.0. The molecule has 2 atom stereocenters. The van der Waals surface area contributed by atoms with Crippen LogP contribution in [0, 0.1) is 13.8 Å². The number of benzene rings is 2. The Morgan fingerprint density at radius 1 is 1.00 bits per heavy atom. The highest BCUT2D eigenvalue weighted by Gasteiger charge is 2.23. The predicted molar refractivity (Wildman–Crippen MR) is 87.3 cm³/mol. The Morgan fingerprint density at radius 2 is 1.70 bits per heavy atom. The molecule has 2 aromatic carbocycles. The molecule has 0 amide bonds. The molecule has 0 aromatic heterocycles. The number of rotatable bonds is 5. The molecule has 0 spiro atoms. The molecule has 0 heterocycles. The third kappa shape index (κ3) is 3.10. The second kappa shape index (κ2) is 6.71. The largest absolute Gasteiger partial charge is 0.316 e. The maximum Gasteiger partial charge on any atom is 0.0245 e. The van der Waals surface area contributed by atoms with Crippen LogP contribution in [0.1, 0.15) is 41.5 Å². The molecule has 0 aliphatic heterocycles. The van der Waals surface area contributed by atoms with Crippen LogP contribution in [0.15, 0.2) is 48.5 Å². The molecule has 0 saturated carbocycles. The lowest BCUT2D eigenvalue weighted by molar-refractivity contribution is 0.491. The number of likely N-dealkylation sites (N-methyl/N-ethyl adjacent to an activating group) is 1. The fraction of sp³-hybridized carbons (Fsp3) is 0.368. The van der Waals surface area contributed by atoms with Crippen molar-refractivity contribution in [3.8, 4) is 0 Å². The molecular formula is C19H25N. The van der Waals surface area contributed by atoms with Crippen LogP contribution < -0.4 is 5.32 Å². The lowest BCUT2D eigenvalue weighted by atomic mass is 9.81. The fourth-order valence-corrected chi connectivity index (χ4v) is 3.07. The maximum atomic E-state index is 3.49. The quantitative estimate of drug-likeness (QED) is 0.845. The summed E-state index contributed by atoms with van der Waals surface area (Å²) in [5, 5.41) is 3.49. The van der Waals surface area contributed by atoms with E-state index in [0.717, 1.165) is 6.42 Å². The number of hydrogen-bond acceptors (Lipinski definition) is 1. The average Bonchev–Trinajstić information content (AvgIpc) is 2.47. The highest BCUT2D eigenvalue weighted by molar-refractivity contribution is 5.40. The summed E-state index contributed by atoms with van der Waals surface area (Å²) in [5.74, 6) is 0.409. The van der Waals surface area contributed by atoms with E-state index >= 15 is 0 Å². The van der Waals surface area contributed by atoms with Crippen LogP contribution in [0.3, 0.4) is 0 Å². The Hall–Kier alpha value is -1.60. The van der Waals surface area contributed by atoms with Crippen LogP contribution in [-0.2, 0) is 0 Å². The molecule has 2 rings (SSSR count). The first-order valence-electron chi connectivity index (χ1n) is 7.46. The molecule has 106 valence electrons. The van der Waals surface area contributed by atoms with E-state index in [2.05, 4.69) is 81.7 Å². The van der Waals surface area contributed by atoms with Crippen molar-refractivity contribution in [3.05, 3.63) is 70.8 Å². The van der Waals surface area contributed by atoms with Gasteiger partial charge in [0.1, 0.15) is 0 Å². The van der Waals surface area contributed by atoms with E-state index in [1.54, 1.807) is 0 Å². The van der Waals surface area contributed by atoms with E-state index in [0.29, 0.717) is 12.0 Å². The van der Waals surface area contributed by atoms with Gasteiger partial charge >= 0.3 is 0 Å². The van der Waals surface area contributed by atoms with Crippen LogP contribution in [0.25, 0.3) is 0 Å². The number of hydrogen-bond donors (Lipinski definition) is 1. The van der Waals surface area contributed by atoms with E-state index in [1.165, 1.54) is 22.3 Å². The van der Waals surface area contributed by atoms with Crippen LogP contribution in [0.5, 0.6) is 0 Å². The minimum Gasteiger partial charge on any atom is -0.316 e. The normalized spacial score (nSPS) is 14.0. The molecule has 0 radical (unpaired) electrons. The predicted octanol–water partition coefficient (Wildman–Crippen LogP) is 4.43. The second-order valence-electron chi connectivity index (χ2n) is 5.55. The van der Waals surface area contributed by atoms with E-state index < -0.39 is 0 Å². The molecule has 0 aliphatic rings. The van der Waals surface area contributed by atoms with Gasteiger partial charge in [-0.25, -0.2) is 0 Å². The minimum atomic E-state index is 0.409. The molecule has 0 fully saturated rings. The maximum absolute atomic E-state index is 3.49. The Morgan fingerprint density at radius 3 is 2.25 bits per heavy atom. The van der Waals surface area contributed by atoms with Gasteiger partial charge in [0, 0.05) is 12.0 Å². The van der Waals surface area contributed by atoms with Crippen molar-refractivity contribution in [2.75, 3.05) is 7.05 Å². The number of aryl methyl sites for hydroxylation is 2. The van der Waals surface area contributed by atoms with Gasteiger partial charge in [-0.2, -0.15) is 0 Å².